The maximum absolute atomic E-state index is 12.8. The summed E-state index contributed by atoms with van der Waals surface area (Å²) in [7, 11) is 0. The third-order valence-electron chi connectivity index (χ3n) is 3.72. The summed E-state index contributed by atoms with van der Waals surface area (Å²) in [6.45, 7) is 0. The SMILES string of the molecule is O=C1N(c2ccccc2)C(=O)C([N+](=O)[O-])([N+](=O)[O-])N1c1ccccc1. The van der Waals surface area contributed by atoms with Crippen molar-refractivity contribution in [1.29, 1.82) is 0 Å². The molecule has 10 nitrogen and oxygen atoms in total. The van der Waals surface area contributed by atoms with E-state index in [4.69, 9.17) is 0 Å². The molecule has 10 heteroatoms. The number of benzene rings is 2. The minimum Gasteiger partial charge on any atom is -0.256 e. The smallest absolute Gasteiger partial charge is 0.256 e. The molecule has 3 amide bonds. The molecule has 1 aliphatic heterocycles. The third-order valence-corrected chi connectivity index (χ3v) is 3.72. The van der Waals surface area contributed by atoms with Crippen molar-refractivity contribution in [3.8, 4) is 0 Å². The average Bonchev–Trinajstić information content (AvgIpc) is 2.84. The van der Waals surface area contributed by atoms with Crippen molar-refractivity contribution in [1.82, 2.24) is 0 Å². The van der Waals surface area contributed by atoms with Gasteiger partial charge in [0.1, 0.15) is 9.85 Å². The molecule has 0 aromatic heterocycles. The van der Waals surface area contributed by atoms with E-state index in [0.717, 1.165) is 0 Å². The van der Waals surface area contributed by atoms with Gasteiger partial charge >= 0.3 is 17.7 Å². The number of carbonyl (C=O) groups excluding carboxylic acids is 2. The number of hydrogen-bond acceptors (Lipinski definition) is 6. The predicted octanol–water partition coefficient (Wildman–Crippen LogP) is 1.87. The van der Waals surface area contributed by atoms with E-state index in [0.29, 0.717) is 9.80 Å². The van der Waals surface area contributed by atoms with Gasteiger partial charge in [0.15, 0.2) is 0 Å². The summed E-state index contributed by atoms with van der Waals surface area (Å²) in [5.41, 5.74) is -0.128. The molecule has 0 N–H and O–H groups in total. The predicted molar refractivity (Wildman–Crippen MR) is 85.0 cm³/mol. The van der Waals surface area contributed by atoms with Crippen molar-refractivity contribution < 1.29 is 19.4 Å². The minimum absolute atomic E-state index is 0.00371. The summed E-state index contributed by atoms with van der Waals surface area (Å²) in [6.07, 6.45) is 0. The van der Waals surface area contributed by atoms with Crippen LogP contribution < -0.4 is 9.80 Å². The molecule has 1 heterocycles. The molecule has 0 unspecified atom stereocenters. The van der Waals surface area contributed by atoms with E-state index in [9.17, 15) is 29.8 Å². The Bertz CT molecular complexity index is 856. The molecular formula is C15H10N4O6. The van der Waals surface area contributed by atoms with Gasteiger partial charge in [0.2, 0.25) is 0 Å². The Morgan fingerprint density at radius 2 is 1.20 bits per heavy atom. The molecule has 0 aliphatic carbocycles. The van der Waals surface area contributed by atoms with Crippen molar-refractivity contribution in [3.63, 3.8) is 0 Å². The second-order valence-electron chi connectivity index (χ2n) is 5.08. The van der Waals surface area contributed by atoms with Crippen LogP contribution in [0.4, 0.5) is 16.2 Å². The fraction of sp³-hybridized carbons (Fsp3) is 0.0667. The highest BCUT2D eigenvalue weighted by Gasteiger charge is 2.79. The number of hydrogen-bond donors (Lipinski definition) is 0. The van der Waals surface area contributed by atoms with Crippen LogP contribution in [0, 0.1) is 20.2 Å². The highest BCUT2D eigenvalue weighted by molar-refractivity contribution is 6.29. The lowest BCUT2D eigenvalue weighted by Gasteiger charge is -2.19. The van der Waals surface area contributed by atoms with Gasteiger partial charge in [-0.2, -0.15) is 4.90 Å². The maximum Gasteiger partial charge on any atom is 0.633 e. The van der Waals surface area contributed by atoms with Gasteiger partial charge in [-0.1, -0.05) is 36.4 Å². The van der Waals surface area contributed by atoms with Crippen molar-refractivity contribution in [2.75, 3.05) is 9.80 Å². The molecular weight excluding hydrogens is 332 g/mol. The molecule has 0 atom stereocenters. The summed E-state index contributed by atoms with van der Waals surface area (Å²) in [4.78, 5) is 46.7. The number of para-hydroxylation sites is 2. The van der Waals surface area contributed by atoms with Crippen LogP contribution in [-0.4, -0.2) is 27.6 Å². The van der Waals surface area contributed by atoms with Crippen molar-refractivity contribution >= 4 is 23.3 Å². The second kappa shape index (κ2) is 5.67. The Morgan fingerprint density at radius 1 is 0.760 bits per heavy atom. The molecule has 126 valence electrons. The number of rotatable bonds is 4. The molecule has 2 aromatic rings. The van der Waals surface area contributed by atoms with E-state index < -0.39 is 27.6 Å². The van der Waals surface area contributed by atoms with Crippen LogP contribution in [0.1, 0.15) is 0 Å². The van der Waals surface area contributed by atoms with E-state index in [-0.39, 0.29) is 11.4 Å². The van der Waals surface area contributed by atoms with Crippen molar-refractivity contribution in [2.45, 2.75) is 5.79 Å². The van der Waals surface area contributed by atoms with E-state index >= 15 is 0 Å². The fourth-order valence-corrected chi connectivity index (χ4v) is 2.62. The van der Waals surface area contributed by atoms with Gasteiger partial charge in [-0.25, -0.2) is 9.69 Å². The normalized spacial score (nSPS) is 16.2. The molecule has 25 heavy (non-hydrogen) atoms. The van der Waals surface area contributed by atoms with Gasteiger partial charge in [-0.05, 0) is 24.3 Å². The van der Waals surface area contributed by atoms with Gasteiger partial charge in [0, 0.05) is 0 Å². The zero-order chi connectivity index (χ0) is 18.2. The van der Waals surface area contributed by atoms with Crippen LogP contribution in [0.3, 0.4) is 0 Å². The van der Waals surface area contributed by atoms with E-state index in [1.165, 1.54) is 48.5 Å². The summed E-state index contributed by atoms with van der Waals surface area (Å²) in [5, 5.41) is 23.2. The summed E-state index contributed by atoms with van der Waals surface area (Å²) in [6, 6.07) is 13.2. The third kappa shape index (κ3) is 2.11. The zero-order valence-corrected chi connectivity index (χ0v) is 12.5. The van der Waals surface area contributed by atoms with Crippen LogP contribution in [0.15, 0.2) is 60.7 Å². The van der Waals surface area contributed by atoms with Crippen LogP contribution in [0.2, 0.25) is 0 Å². The minimum atomic E-state index is -3.46. The van der Waals surface area contributed by atoms with Gasteiger partial charge in [0.05, 0.1) is 11.4 Å². The Kier molecular flexibility index (Phi) is 3.64. The first-order valence-electron chi connectivity index (χ1n) is 7.00. The molecule has 0 saturated carbocycles. The van der Waals surface area contributed by atoms with Gasteiger partial charge in [-0.15, -0.1) is 0 Å². The first-order chi connectivity index (χ1) is 11.9. The van der Waals surface area contributed by atoms with E-state index in [1.807, 2.05) is 0 Å². The Hall–Kier alpha value is -3.82. The number of carbonyl (C=O) groups is 2. The molecule has 3 rings (SSSR count). The fourth-order valence-electron chi connectivity index (χ4n) is 2.62. The highest BCUT2D eigenvalue weighted by atomic mass is 16.7. The Labute approximate surface area is 140 Å². The molecule has 2 aromatic carbocycles. The van der Waals surface area contributed by atoms with E-state index in [1.54, 1.807) is 12.1 Å². The number of nitrogens with zero attached hydrogens (tertiary/aromatic N) is 4. The number of amides is 3. The van der Waals surface area contributed by atoms with Gasteiger partial charge < -0.3 is 0 Å². The first kappa shape index (κ1) is 16.1. The first-order valence-corrected chi connectivity index (χ1v) is 7.00. The summed E-state index contributed by atoms with van der Waals surface area (Å²) in [5.74, 6) is -5.02. The summed E-state index contributed by atoms with van der Waals surface area (Å²) < 4.78 is 0. The quantitative estimate of drug-likeness (QED) is 0.361. The lowest BCUT2D eigenvalue weighted by Crippen LogP contribution is -2.62. The molecule has 1 aliphatic rings. The lowest BCUT2D eigenvalue weighted by molar-refractivity contribution is -0.771. The standard InChI is InChI=1S/C15H10N4O6/c20-13-15(18(22)23,19(24)25)17(12-9-5-2-6-10-12)14(21)16(13)11-7-3-1-4-8-11/h1-10H. The topological polar surface area (TPSA) is 127 Å². The van der Waals surface area contributed by atoms with Crippen LogP contribution in [0.25, 0.3) is 0 Å². The molecule has 0 bridgehead atoms. The number of imide groups is 1. The van der Waals surface area contributed by atoms with Crippen molar-refractivity contribution in [3.05, 3.63) is 80.9 Å². The summed E-state index contributed by atoms with van der Waals surface area (Å²) >= 11 is 0. The Morgan fingerprint density at radius 3 is 1.64 bits per heavy atom. The van der Waals surface area contributed by atoms with E-state index in [2.05, 4.69) is 0 Å². The van der Waals surface area contributed by atoms with Crippen LogP contribution in [-0.2, 0) is 4.79 Å². The van der Waals surface area contributed by atoms with Gasteiger partial charge in [0.25, 0.3) is 0 Å². The molecule has 0 spiro atoms. The largest absolute Gasteiger partial charge is 0.633 e. The van der Waals surface area contributed by atoms with Crippen LogP contribution in [0.5, 0.6) is 0 Å². The number of anilines is 2. The lowest BCUT2D eigenvalue weighted by atomic mass is 10.2. The zero-order valence-electron chi connectivity index (χ0n) is 12.5. The number of nitro groups is 2. The molecule has 1 saturated heterocycles. The monoisotopic (exact) mass is 342 g/mol. The van der Waals surface area contributed by atoms with Gasteiger partial charge in [-0.3, -0.25) is 25.0 Å². The van der Waals surface area contributed by atoms with Crippen LogP contribution >= 0.6 is 0 Å². The molecule has 1 fully saturated rings. The maximum atomic E-state index is 12.8. The van der Waals surface area contributed by atoms with Crippen molar-refractivity contribution in [2.24, 2.45) is 0 Å². The highest BCUT2D eigenvalue weighted by Crippen LogP contribution is 2.37. The Balaban J connectivity index is 2.27. The molecule has 0 radical (unpaired) electrons. The second-order valence-corrected chi connectivity index (χ2v) is 5.08. The average molecular weight is 342 g/mol. The number of urea groups is 1.